The summed E-state index contributed by atoms with van der Waals surface area (Å²) >= 11 is 0. The lowest BCUT2D eigenvalue weighted by Crippen LogP contribution is -2.32. The molecular formula is C17H18N4O. The second-order valence-electron chi connectivity index (χ2n) is 5.92. The van der Waals surface area contributed by atoms with Gasteiger partial charge in [0.25, 0.3) is 5.56 Å². The molecule has 4 rings (SSSR count). The predicted octanol–water partition coefficient (Wildman–Crippen LogP) is 1.82. The molecule has 1 aliphatic rings. The summed E-state index contributed by atoms with van der Waals surface area (Å²) in [4.78, 5) is 18.5. The van der Waals surface area contributed by atoms with Crippen LogP contribution in [0.4, 0.5) is 0 Å². The summed E-state index contributed by atoms with van der Waals surface area (Å²) in [6.45, 7) is 2.63. The van der Waals surface area contributed by atoms with E-state index in [9.17, 15) is 4.79 Å². The fourth-order valence-corrected chi connectivity index (χ4v) is 3.26. The van der Waals surface area contributed by atoms with Gasteiger partial charge in [0.1, 0.15) is 0 Å². The minimum Gasteiger partial charge on any atom is -0.293 e. The Morgan fingerprint density at radius 2 is 2.23 bits per heavy atom. The van der Waals surface area contributed by atoms with E-state index in [0.717, 1.165) is 42.8 Å². The molecule has 0 aliphatic carbocycles. The zero-order valence-corrected chi connectivity index (χ0v) is 12.5. The van der Waals surface area contributed by atoms with Crippen molar-refractivity contribution in [2.75, 3.05) is 6.54 Å². The van der Waals surface area contributed by atoms with Crippen LogP contribution in [0.15, 0.2) is 41.3 Å². The van der Waals surface area contributed by atoms with E-state index >= 15 is 0 Å². The Morgan fingerprint density at radius 1 is 1.32 bits per heavy atom. The Hall–Kier alpha value is -2.40. The monoisotopic (exact) mass is 294 g/mol. The van der Waals surface area contributed by atoms with E-state index in [-0.39, 0.29) is 5.56 Å². The molecule has 0 atom stereocenters. The predicted molar refractivity (Wildman–Crippen MR) is 85.6 cm³/mol. The second kappa shape index (κ2) is 5.10. The Bertz CT molecular complexity index is 893. The summed E-state index contributed by atoms with van der Waals surface area (Å²) < 4.78 is 1.86. The number of nitrogens with zero attached hydrogens (tertiary/aromatic N) is 3. The average Bonchev–Trinajstić information content (AvgIpc) is 2.82. The normalized spacial score (nSPS) is 15.1. The summed E-state index contributed by atoms with van der Waals surface area (Å²) in [5.41, 5.74) is 4.43. The molecule has 0 saturated carbocycles. The first-order valence-corrected chi connectivity index (χ1v) is 7.53. The molecule has 2 aromatic heterocycles. The maximum atomic E-state index is 11.8. The van der Waals surface area contributed by atoms with Gasteiger partial charge in [0.05, 0.1) is 11.2 Å². The molecule has 0 fully saturated rings. The summed E-state index contributed by atoms with van der Waals surface area (Å²) in [7, 11) is 1.91. The standard InChI is InChI=1S/C17H18N4O/c1-20-16-11-21(8-6-14(16)17(22)19-20)10-12-4-5-15-13(9-12)3-2-7-18-15/h2-5,7,9H,6,8,10-11H2,1H3,(H,19,22). The quantitative estimate of drug-likeness (QED) is 0.784. The van der Waals surface area contributed by atoms with Crippen molar-refractivity contribution >= 4 is 10.9 Å². The number of fused-ring (bicyclic) bond motifs is 2. The molecule has 3 heterocycles. The van der Waals surface area contributed by atoms with Crippen LogP contribution in [-0.4, -0.2) is 26.2 Å². The van der Waals surface area contributed by atoms with E-state index in [4.69, 9.17) is 0 Å². The molecule has 0 radical (unpaired) electrons. The van der Waals surface area contributed by atoms with Crippen molar-refractivity contribution in [3.63, 3.8) is 0 Å². The summed E-state index contributed by atoms with van der Waals surface area (Å²) in [6, 6.07) is 10.5. The third-order valence-electron chi connectivity index (χ3n) is 4.42. The van der Waals surface area contributed by atoms with E-state index in [2.05, 4.69) is 39.2 Å². The lowest BCUT2D eigenvalue weighted by Gasteiger charge is -2.27. The largest absolute Gasteiger partial charge is 0.293 e. The van der Waals surface area contributed by atoms with Crippen molar-refractivity contribution < 1.29 is 0 Å². The number of aryl methyl sites for hydroxylation is 1. The number of hydrogen-bond acceptors (Lipinski definition) is 3. The van der Waals surface area contributed by atoms with Crippen molar-refractivity contribution in [2.24, 2.45) is 7.05 Å². The van der Waals surface area contributed by atoms with E-state index in [1.165, 1.54) is 10.9 Å². The molecule has 0 saturated heterocycles. The number of benzene rings is 1. The number of aromatic amines is 1. The van der Waals surface area contributed by atoms with Crippen molar-refractivity contribution in [2.45, 2.75) is 19.5 Å². The van der Waals surface area contributed by atoms with Crippen molar-refractivity contribution in [1.29, 1.82) is 0 Å². The molecule has 22 heavy (non-hydrogen) atoms. The van der Waals surface area contributed by atoms with Gasteiger partial charge in [-0.3, -0.25) is 24.5 Å². The summed E-state index contributed by atoms with van der Waals surface area (Å²) in [6.07, 6.45) is 2.64. The zero-order chi connectivity index (χ0) is 15.1. The molecule has 1 aromatic carbocycles. The molecule has 112 valence electrons. The van der Waals surface area contributed by atoms with Crippen LogP contribution in [0.2, 0.25) is 0 Å². The van der Waals surface area contributed by atoms with E-state index in [1.54, 1.807) is 0 Å². The highest BCUT2D eigenvalue weighted by molar-refractivity contribution is 5.78. The Morgan fingerprint density at radius 3 is 3.14 bits per heavy atom. The molecule has 0 amide bonds. The molecule has 0 unspecified atom stereocenters. The lowest BCUT2D eigenvalue weighted by atomic mass is 10.1. The van der Waals surface area contributed by atoms with Gasteiger partial charge in [-0.1, -0.05) is 12.1 Å². The summed E-state index contributed by atoms with van der Waals surface area (Å²) in [5.74, 6) is 0. The van der Waals surface area contributed by atoms with Gasteiger partial charge in [0, 0.05) is 43.8 Å². The number of pyridine rings is 1. The van der Waals surface area contributed by atoms with Crippen LogP contribution >= 0.6 is 0 Å². The zero-order valence-electron chi connectivity index (χ0n) is 12.5. The van der Waals surface area contributed by atoms with Crippen LogP contribution < -0.4 is 5.56 Å². The fraction of sp³-hybridized carbons (Fsp3) is 0.294. The third-order valence-corrected chi connectivity index (χ3v) is 4.42. The highest BCUT2D eigenvalue weighted by atomic mass is 16.1. The molecule has 5 heteroatoms. The number of H-pyrrole nitrogens is 1. The molecule has 1 aliphatic heterocycles. The van der Waals surface area contributed by atoms with E-state index in [1.807, 2.05) is 24.0 Å². The lowest BCUT2D eigenvalue weighted by molar-refractivity contribution is 0.238. The van der Waals surface area contributed by atoms with Crippen LogP contribution in [-0.2, 0) is 26.6 Å². The highest BCUT2D eigenvalue weighted by Crippen LogP contribution is 2.19. The van der Waals surface area contributed by atoms with Gasteiger partial charge in [-0.15, -0.1) is 0 Å². The van der Waals surface area contributed by atoms with Gasteiger partial charge in [-0.05, 0) is 30.2 Å². The third kappa shape index (κ3) is 2.23. The Labute approximate surface area is 128 Å². The smallest absolute Gasteiger partial charge is 0.267 e. The highest BCUT2D eigenvalue weighted by Gasteiger charge is 2.22. The van der Waals surface area contributed by atoms with Crippen LogP contribution in [0, 0.1) is 0 Å². The van der Waals surface area contributed by atoms with Crippen LogP contribution in [0.5, 0.6) is 0 Å². The maximum absolute atomic E-state index is 11.8. The van der Waals surface area contributed by atoms with Crippen molar-refractivity contribution in [1.82, 2.24) is 19.7 Å². The first-order valence-electron chi connectivity index (χ1n) is 7.53. The molecule has 0 bridgehead atoms. The fourth-order valence-electron chi connectivity index (χ4n) is 3.26. The van der Waals surface area contributed by atoms with E-state index in [0.29, 0.717) is 0 Å². The molecule has 0 spiro atoms. The first-order chi connectivity index (χ1) is 10.7. The topological polar surface area (TPSA) is 53.9 Å². The van der Waals surface area contributed by atoms with Crippen LogP contribution in [0.3, 0.4) is 0 Å². The second-order valence-corrected chi connectivity index (χ2v) is 5.92. The molecular weight excluding hydrogens is 276 g/mol. The summed E-state index contributed by atoms with van der Waals surface area (Å²) in [5, 5.41) is 4.03. The minimum absolute atomic E-state index is 0.0638. The maximum Gasteiger partial charge on any atom is 0.267 e. The van der Waals surface area contributed by atoms with Gasteiger partial charge < -0.3 is 0 Å². The van der Waals surface area contributed by atoms with Gasteiger partial charge in [0.15, 0.2) is 0 Å². The van der Waals surface area contributed by atoms with E-state index < -0.39 is 0 Å². The Kier molecular flexibility index (Phi) is 3.08. The molecule has 1 N–H and O–H groups in total. The van der Waals surface area contributed by atoms with Gasteiger partial charge >= 0.3 is 0 Å². The SMILES string of the molecule is Cn1[nH]c(=O)c2c1CN(Cc1ccc3ncccc3c1)CC2. The number of nitrogens with one attached hydrogen (secondary N) is 1. The average molecular weight is 294 g/mol. The number of hydrogen-bond donors (Lipinski definition) is 1. The Balaban J connectivity index is 1.58. The van der Waals surface area contributed by atoms with Gasteiger partial charge in [-0.2, -0.15) is 0 Å². The van der Waals surface area contributed by atoms with Crippen LogP contribution in [0.1, 0.15) is 16.8 Å². The van der Waals surface area contributed by atoms with Crippen molar-refractivity contribution in [3.05, 3.63) is 63.7 Å². The van der Waals surface area contributed by atoms with Crippen molar-refractivity contribution in [3.8, 4) is 0 Å². The number of rotatable bonds is 2. The van der Waals surface area contributed by atoms with Gasteiger partial charge in [-0.25, -0.2) is 0 Å². The first kappa shape index (κ1) is 13.3. The number of aromatic nitrogens is 3. The van der Waals surface area contributed by atoms with Crippen LogP contribution in [0.25, 0.3) is 10.9 Å². The molecule has 3 aromatic rings. The van der Waals surface area contributed by atoms with Gasteiger partial charge in [0.2, 0.25) is 0 Å². The minimum atomic E-state index is 0.0638. The molecule has 5 nitrogen and oxygen atoms in total.